The van der Waals surface area contributed by atoms with Crippen LogP contribution in [-0.4, -0.2) is 17.6 Å². The van der Waals surface area contributed by atoms with Crippen molar-refractivity contribution < 1.29 is 9.90 Å². The predicted octanol–water partition coefficient (Wildman–Crippen LogP) is 3.33. The third-order valence-electron chi connectivity index (χ3n) is 2.66. The summed E-state index contributed by atoms with van der Waals surface area (Å²) in [4.78, 5) is 12.1. The number of aliphatic hydroxyl groups is 1. The van der Waals surface area contributed by atoms with Crippen molar-refractivity contribution in [2.75, 3.05) is 6.61 Å². The number of hydrogen-bond acceptors (Lipinski definition) is 3. The van der Waals surface area contributed by atoms with Crippen LogP contribution in [0.5, 0.6) is 0 Å². The van der Waals surface area contributed by atoms with Crippen LogP contribution >= 0.6 is 34.5 Å². The van der Waals surface area contributed by atoms with Crippen LogP contribution in [0.2, 0.25) is 8.67 Å². The number of rotatable bonds is 3. The van der Waals surface area contributed by atoms with Crippen molar-refractivity contribution in [3.63, 3.8) is 0 Å². The number of aliphatic hydroxyl groups excluding tert-OH is 1. The number of halogens is 2. The molecule has 0 spiro atoms. The first kappa shape index (κ1) is 15.9. The summed E-state index contributed by atoms with van der Waals surface area (Å²) in [6, 6.07) is 8.95. The van der Waals surface area contributed by atoms with Crippen molar-refractivity contribution >= 4 is 40.4 Å². The molecule has 0 aliphatic heterocycles. The Morgan fingerprint density at radius 3 is 2.76 bits per heavy atom. The number of amides is 1. The largest absolute Gasteiger partial charge is 0.384 e. The topological polar surface area (TPSA) is 49.3 Å². The molecule has 2 rings (SSSR count). The molecular formula is C15H11Cl2NO2S. The summed E-state index contributed by atoms with van der Waals surface area (Å²) in [5.74, 6) is 5.15. The van der Waals surface area contributed by atoms with Crippen molar-refractivity contribution in [3.05, 3.63) is 55.7 Å². The Morgan fingerprint density at radius 1 is 1.33 bits per heavy atom. The van der Waals surface area contributed by atoms with Gasteiger partial charge < -0.3 is 10.4 Å². The molecule has 3 nitrogen and oxygen atoms in total. The number of carbonyl (C=O) groups is 1. The summed E-state index contributed by atoms with van der Waals surface area (Å²) in [5, 5.41) is 11.5. The van der Waals surface area contributed by atoms with E-state index in [1.165, 1.54) is 0 Å². The van der Waals surface area contributed by atoms with E-state index in [9.17, 15) is 4.79 Å². The number of hydrogen-bond donors (Lipinski definition) is 2. The Labute approximate surface area is 136 Å². The van der Waals surface area contributed by atoms with Gasteiger partial charge in [-0.1, -0.05) is 53.2 Å². The standard InChI is InChI=1S/C15H11Cl2NO2S/c16-13-8-12(14(17)21-13)15(20)18-9-11-5-2-1-4-10(11)6-3-7-19/h1-2,4-5,8,19H,7,9H2,(H,18,20). The number of benzene rings is 1. The van der Waals surface area contributed by atoms with Crippen LogP contribution in [0.15, 0.2) is 30.3 Å². The fraction of sp³-hybridized carbons (Fsp3) is 0.133. The van der Waals surface area contributed by atoms with E-state index in [0.717, 1.165) is 22.5 Å². The molecule has 0 aliphatic carbocycles. The molecule has 0 saturated carbocycles. The molecular weight excluding hydrogens is 329 g/mol. The van der Waals surface area contributed by atoms with E-state index in [-0.39, 0.29) is 12.5 Å². The zero-order valence-electron chi connectivity index (χ0n) is 10.8. The van der Waals surface area contributed by atoms with Crippen molar-refractivity contribution in [1.82, 2.24) is 5.32 Å². The first-order valence-corrected chi connectivity index (χ1v) is 7.59. The SMILES string of the molecule is O=C(NCc1ccccc1C#CCO)c1cc(Cl)sc1Cl. The van der Waals surface area contributed by atoms with Crippen LogP contribution in [0.25, 0.3) is 0 Å². The Kier molecular flexibility index (Phi) is 5.66. The maximum atomic E-state index is 12.1. The van der Waals surface area contributed by atoms with Crippen LogP contribution in [-0.2, 0) is 6.54 Å². The molecule has 1 amide bonds. The zero-order valence-corrected chi connectivity index (χ0v) is 13.1. The van der Waals surface area contributed by atoms with Gasteiger partial charge in [-0.25, -0.2) is 0 Å². The first-order chi connectivity index (χ1) is 10.1. The second kappa shape index (κ2) is 7.48. The monoisotopic (exact) mass is 339 g/mol. The molecule has 2 N–H and O–H groups in total. The third kappa shape index (κ3) is 4.23. The number of thiophene rings is 1. The molecule has 0 atom stereocenters. The molecule has 21 heavy (non-hydrogen) atoms. The van der Waals surface area contributed by atoms with Crippen LogP contribution in [0.3, 0.4) is 0 Å². The summed E-state index contributed by atoms with van der Waals surface area (Å²) >= 11 is 12.9. The van der Waals surface area contributed by atoms with Crippen molar-refractivity contribution in [2.45, 2.75) is 6.54 Å². The molecule has 108 valence electrons. The van der Waals surface area contributed by atoms with E-state index < -0.39 is 0 Å². The molecule has 0 bridgehead atoms. The van der Waals surface area contributed by atoms with Crippen molar-refractivity contribution in [3.8, 4) is 11.8 Å². The Hall–Kier alpha value is -1.51. The van der Waals surface area contributed by atoms with Crippen LogP contribution in [0.4, 0.5) is 0 Å². The maximum Gasteiger partial charge on any atom is 0.253 e. The Bertz CT molecular complexity index is 716. The molecule has 0 fully saturated rings. The normalized spacial score (nSPS) is 9.86. The minimum atomic E-state index is -0.284. The van der Waals surface area contributed by atoms with E-state index in [0.29, 0.717) is 20.8 Å². The van der Waals surface area contributed by atoms with Gasteiger partial charge in [0.2, 0.25) is 0 Å². The molecule has 1 aromatic carbocycles. The zero-order chi connectivity index (χ0) is 15.2. The summed E-state index contributed by atoms with van der Waals surface area (Å²) < 4.78 is 0.838. The second-order valence-electron chi connectivity index (χ2n) is 4.04. The second-order valence-corrected chi connectivity index (χ2v) is 6.32. The summed E-state index contributed by atoms with van der Waals surface area (Å²) in [6.07, 6.45) is 0. The van der Waals surface area contributed by atoms with Gasteiger partial charge in [0.05, 0.1) is 9.90 Å². The van der Waals surface area contributed by atoms with E-state index in [4.69, 9.17) is 28.3 Å². The lowest BCUT2D eigenvalue weighted by Gasteiger charge is -2.06. The van der Waals surface area contributed by atoms with Gasteiger partial charge in [0, 0.05) is 12.1 Å². The number of carbonyl (C=O) groups excluding carboxylic acids is 1. The first-order valence-electron chi connectivity index (χ1n) is 6.02. The molecule has 2 aromatic rings. The van der Waals surface area contributed by atoms with E-state index in [2.05, 4.69) is 17.2 Å². The lowest BCUT2D eigenvalue weighted by Crippen LogP contribution is -2.23. The highest BCUT2D eigenvalue weighted by Crippen LogP contribution is 2.31. The molecule has 0 unspecified atom stereocenters. The molecule has 1 heterocycles. The predicted molar refractivity (Wildman–Crippen MR) is 85.9 cm³/mol. The summed E-state index contributed by atoms with van der Waals surface area (Å²) in [6.45, 7) is 0.114. The Balaban J connectivity index is 2.10. The Morgan fingerprint density at radius 2 is 2.10 bits per heavy atom. The fourth-order valence-corrected chi connectivity index (χ4v) is 3.16. The van der Waals surface area contributed by atoms with Crippen molar-refractivity contribution in [1.29, 1.82) is 0 Å². The molecule has 0 radical (unpaired) electrons. The lowest BCUT2D eigenvalue weighted by molar-refractivity contribution is 0.0951. The van der Waals surface area contributed by atoms with Gasteiger partial charge in [-0.2, -0.15) is 0 Å². The van der Waals surface area contributed by atoms with E-state index >= 15 is 0 Å². The summed E-state index contributed by atoms with van der Waals surface area (Å²) in [7, 11) is 0. The quantitative estimate of drug-likeness (QED) is 0.842. The minimum Gasteiger partial charge on any atom is -0.384 e. The molecule has 0 saturated heterocycles. The highest BCUT2D eigenvalue weighted by atomic mass is 35.5. The highest BCUT2D eigenvalue weighted by molar-refractivity contribution is 7.20. The van der Waals surface area contributed by atoms with Gasteiger partial charge >= 0.3 is 0 Å². The van der Waals surface area contributed by atoms with Gasteiger partial charge in [0.15, 0.2) is 0 Å². The maximum absolute atomic E-state index is 12.1. The molecule has 6 heteroatoms. The van der Waals surface area contributed by atoms with E-state index in [1.54, 1.807) is 6.07 Å². The summed E-state index contributed by atoms with van der Waals surface area (Å²) in [5.41, 5.74) is 2.00. The molecule has 0 aliphatic rings. The fourth-order valence-electron chi connectivity index (χ4n) is 1.70. The minimum absolute atomic E-state index is 0.205. The van der Waals surface area contributed by atoms with Gasteiger partial charge in [0.1, 0.15) is 10.9 Å². The lowest BCUT2D eigenvalue weighted by atomic mass is 10.1. The van der Waals surface area contributed by atoms with Gasteiger partial charge in [-0.05, 0) is 17.7 Å². The average molecular weight is 340 g/mol. The van der Waals surface area contributed by atoms with Crippen LogP contribution in [0.1, 0.15) is 21.5 Å². The highest BCUT2D eigenvalue weighted by Gasteiger charge is 2.14. The third-order valence-corrected chi connectivity index (χ3v) is 4.15. The smallest absolute Gasteiger partial charge is 0.253 e. The van der Waals surface area contributed by atoms with Crippen LogP contribution < -0.4 is 5.32 Å². The molecule has 1 aromatic heterocycles. The average Bonchev–Trinajstić information content (AvgIpc) is 2.82. The van der Waals surface area contributed by atoms with Crippen molar-refractivity contribution in [2.24, 2.45) is 0 Å². The van der Waals surface area contributed by atoms with Gasteiger partial charge in [0.25, 0.3) is 5.91 Å². The van der Waals surface area contributed by atoms with Crippen LogP contribution in [0, 0.1) is 11.8 Å². The number of nitrogens with one attached hydrogen (secondary N) is 1. The van der Waals surface area contributed by atoms with Gasteiger partial charge in [-0.15, -0.1) is 11.3 Å². The van der Waals surface area contributed by atoms with Gasteiger partial charge in [-0.3, -0.25) is 4.79 Å². The van der Waals surface area contributed by atoms with E-state index in [1.807, 2.05) is 24.3 Å².